The second-order valence-electron chi connectivity index (χ2n) is 5.32. The maximum Gasteiger partial charge on any atom is 0.247 e. The molecule has 0 spiro atoms. The number of hydrogen-bond donors (Lipinski definition) is 2. The summed E-state index contributed by atoms with van der Waals surface area (Å²) >= 11 is 0. The van der Waals surface area contributed by atoms with Crippen LogP contribution in [0.5, 0.6) is 0 Å². The van der Waals surface area contributed by atoms with E-state index in [2.05, 4.69) is 45.2 Å². The minimum atomic E-state index is 0.661. The number of aromatic nitrogens is 4. The minimum absolute atomic E-state index is 0.661. The van der Waals surface area contributed by atoms with Gasteiger partial charge < -0.3 is 10.6 Å². The summed E-state index contributed by atoms with van der Waals surface area (Å²) in [6.07, 6.45) is 0.968. The molecular formula is C17H20N6. The second-order valence-corrected chi connectivity index (χ2v) is 5.32. The normalized spacial score (nSPS) is 10.5. The van der Waals surface area contributed by atoms with Gasteiger partial charge in [0.25, 0.3) is 0 Å². The van der Waals surface area contributed by atoms with Crippen LogP contribution in [0.25, 0.3) is 5.69 Å². The third-order valence-corrected chi connectivity index (χ3v) is 3.49. The fourth-order valence-electron chi connectivity index (χ4n) is 2.23. The Bertz CT molecular complexity index is 720. The SMILES string of the molecule is Cc1ccc(-n2nnnc2NCCCNc2ccccc2)cc1. The van der Waals surface area contributed by atoms with Crippen molar-refractivity contribution >= 4 is 11.6 Å². The Morgan fingerprint density at radius 1 is 0.913 bits per heavy atom. The summed E-state index contributed by atoms with van der Waals surface area (Å²) in [6.45, 7) is 3.75. The molecule has 6 nitrogen and oxygen atoms in total. The maximum atomic E-state index is 4.04. The van der Waals surface area contributed by atoms with Gasteiger partial charge in [-0.1, -0.05) is 41.0 Å². The van der Waals surface area contributed by atoms with Gasteiger partial charge in [-0.3, -0.25) is 0 Å². The van der Waals surface area contributed by atoms with Crippen molar-refractivity contribution in [2.24, 2.45) is 0 Å². The van der Waals surface area contributed by atoms with E-state index in [1.54, 1.807) is 4.68 Å². The number of para-hydroxylation sites is 1. The molecule has 118 valence electrons. The van der Waals surface area contributed by atoms with Gasteiger partial charge in [0.2, 0.25) is 5.95 Å². The van der Waals surface area contributed by atoms with E-state index in [1.165, 1.54) is 5.56 Å². The first-order chi connectivity index (χ1) is 11.3. The monoisotopic (exact) mass is 308 g/mol. The molecule has 0 amide bonds. The smallest absolute Gasteiger partial charge is 0.247 e. The van der Waals surface area contributed by atoms with Crippen LogP contribution in [0.2, 0.25) is 0 Å². The molecule has 3 aromatic rings. The summed E-state index contributed by atoms with van der Waals surface area (Å²) in [6, 6.07) is 18.3. The van der Waals surface area contributed by atoms with Gasteiger partial charge in [0.1, 0.15) is 0 Å². The first kappa shape index (κ1) is 15.0. The first-order valence-corrected chi connectivity index (χ1v) is 7.71. The zero-order valence-electron chi connectivity index (χ0n) is 13.1. The van der Waals surface area contributed by atoms with Crippen LogP contribution in [-0.2, 0) is 0 Å². The van der Waals surface area contributed by atoms with Gasteiger partial charge in [0, 0.05) is 18.8 Å². The van der Waals surface area contributed by atoms with Crippen LogP contribution >= 0.6 is 0 Å². The number of nitrogens with one attached hydrogen (secondary N) is 2. The molecular weight excluding hydrogens is 288 g/mol. The lowest BCUT2D eigenvalue weighted by atomic mass is 10.2. The number of tetrazole rings is 1. The van der Waals surface area contributed by atoms with Crippen LogP contribution in [0.15, 0.2) is 54.6 Å². The van der Waals surface area contributed by atoms with E-state index >= 15 is 0 Å². The Morgan fingerprint density at radius 2 is 1.65 bits per heavy atom. The fraction of sp³-hybridized carbons (Fsp3) is 0.235. The third-order valence-electron chi connectivity index (χ3n) is 3.49. The van der Waals surface area contributed by atoms with Crippen LogP contribution in [0.1, 0.15) is 12.0 Å². The fourth-order valence-corrected chi connectivity index (χ4v) is 2.23. The summed E-state index contributed by atoms with van der Waals surface area (Å²) in [5, 5.41) is 18.5. The highest BCUT2D eigenvalue weighted by Gasteiger charge is 2.06. The van der Waals surface area contributed by atoms with Crippen LogP contribution < -0.4 is 10.6 Å². The van der Waals surface area contributed by atoms with Crippen molar-refractivity contribution in [3.63, 3.8) is 0 Å². The highest BCUT2D eigenvalue weighted by Crippen LogP contribution is 2.12. The lowest BCUT2D eigenvalue weighted by Gasteiger charge is -2.08. The summed E-state index contributed by atoms with van der Waals surface area (Å²) in [5.41, 5.74) is 3.30. The molecule has 2 aromatic carbocycles. The Kier molecular flexibility index (Phi) is 4.83. The second kappa shape index (κ2) is 7.40. The molecule has 1 heterocycles. The largest absolute Gasteiger partial charge is 0.385 e. The molecule has 0 fully saturated rings. The third kappa shape index (κ3) is 4.06. The highest BCUT2D eigenvalue weighted by molar-refractivity contribution is 5.42. The van der Waals surface area contributed by atoms with Crippen LogP contribution in [0.3, 0.4) is 0 Å². The quantitative estimate of drug-likeness (QED) is 0.657. The van der Waals surface area contributed by atoms with Gasteiger partial charge in [-0.15, -0.1) is 0 Å². The minimum Gasteiger partial charge on any atom is -0.385 e. The zero-order valence-corrected chi connectivity index (χ0v) is 13.1. The summed E-state index contributed by atoms with van der Waals surface area (Å²) in [4.78, 5) is 0. The molecule has 0 bridgehead atoms. The average molecular weight is 308 g/mol. The van der Waals surface area contributed by atoms with Crippen molar-refractivity contribution in [3.05, 3.63) is 60.2 Å². The van der Waals surface area contributed by atoms with E-state index < -0.39 is 0 Å². The zero-order chi connectivity index (χ0) is 15.9. The Balaban J connectivity index is 1.49. The number of nitrogens with zero attached hydrogens (tertiary/aromatic N) is 4. The molecule has 23 heavy (non-hydrogen) atoms. The van der Waals surface area contributed by atoms with Crippen molar-refractivity contribution in [2.75, 3.05) is 23.7 Å². The van der Waals surface area contributed by atoms with Gasteiger partial charge >= 0.3 is 0 Å². The van der Waals surface area contributed by atoms with E-state index in [9.17, 15) is 0 Å². The molecule has 0 saturated heterocycles. The van der Waals surface area contributed by atoms with Crippen molar-refractivity contribution in [1.82, 2.24) is 20.2 Å². The van der Waals surface area contributed by atoms with E-state index in [4.69, 9.17) is 0 Å². The number of aryl methyl sites for hydroxylation is 1. The molecule has 0 unspecified atom stereocenters. The highest BCUT2D eigenvalue weighted by atomic mass is 15.6. The Hall–Kier alpha value is -2.89. The molecule has 6 heteroatoms. The first-order valence-electron chi connectivity index (χ1n) is 7.71. The van der Waals surface area contributed by atoms with Crippen molar-refractivity contribution in [3.8, 4) is 5.69 Å². The van der Waals surface area contributed by atoms with Crippen molar-refractivity contribution < 1.29 is 0 Å². The van der Waals surface area contributed by atoms with E-state index in [1.807, 2.05) is 42.5 Å². The predicted molar refractivity (Wildman–Crippen MR) is 91.9 cm³/mol. The summed E-state index contributed by atoms with van der Waals surface area (Å²) < 4.78 is 1.71. The Morgan fingerprint density at radius 3 is 2.43 bits per heavy atom. The van der Waals surface area contributed by atoms with Gasteiger partial charge in [-0.05, 0) is 48.0 Å². The van der Waals surface area contributed by atoms with Crippen LogP contribution in [0.4, 0.5) is 11.6 Å². The summed E-state index contributed by atoms with van der Waals surface area (Å²) in [7, 11) is 0. The van der Waals surface area contributed by atoms with E-state index in [0.29, 0.717) is 5.95 Å². The number of hydrogen-bond acceptors (Lipinski definition) is 5. The van der Waals surface area contributed by atoms with E-state index in [-0.39, 0.29) is 0 Å². The molecule has 0 aliphatic carbocycles. The van der Waals surface area contributed by atoms with Crippen LogP contribution in [0, 0.1) is 6.92 Å². The van der Waals surface area contributed by atoms with Gasteiger partial charge in [-0.2, -0.15) is 4.68 Å². The summed E-state index contributed by atoms with van der Waals surface area (Å²) in [5.74, 6) is 0.661. The molecule has 2 N–H and O–H groups in total. The van der Waals surface area contributed by atoms with Crippen LogP contribution in [-0.4, -0.2) is 33.3 Å². The topological polar surface area (TPSA) is 67.7 Å². The number of rotatable bonds is 7. The molecule has 0 aliphatic rings. The molecule has 0 saturated carbocycles. The van der Waals surface area contributed by atoms with Gasteiger partial charge in [-0.25, -0.2) is 0 Å². The van der Waals surface area contributed by atoms with Gasteiger partial charge in [0.15, 0.2) is 0 Å². The lowest BCUT2D eigenvalue weighted by Crippen LogP contribution is -2.12. The van der Waals surface area contributed by atoms with E-state index in [0.717, 1.165) is 30.9 Å². The number of benzene rings is 2. The molecule has 3 rings (SSSR count). The molecule has 0 aliphatic heterocycles. The van der Waals surface area contributed by atoms with Crippen molar-refractivity contribution in [1.29, 1.82) is 0 Å². The van der Waals surface area contributed by atoms with Gasteiger partial charge in [0.05, 0.1) is 5.69 Å². The molecule has 0 radical (unpaired) electrons. The standard InChI is InChI=1S/C17H20N6/c1-14-8-10-16(11-9-14)23-17(20-21-22-23)19-13-5-12-18-15-6-3-2-4-7-15/h2-4,6-11,18H,5,12-13H2,1H3,(H,19,20,22). The lowest BCUT2D eigenvalue weighted by molar-refractivity contribution is 0.787. The van der Waals surface area contributed by atoms with Crippen molar-refractivity contribution in [2.45, 2.75) is 13.3 Å². The Labute approximate surface area is 135 Å². The number of anilines is 2. The molecule has 1 aromatic heterocycles. The predicted octanol–water partition coefficient (Wildman–Crippen LogP) is 2.88. The maximum absolute atomic E-state index is 4.04. The molecule has 0 atom stereocenters. The average Bonchev–Trinajstić information content (AvgIpc) is 3.05.